The number of amidine groups is 1. The highest BCUT2D eigenvalue weighted by atomic mass is 32.1. The Labute approximate surface area is 377 Å². The summed E-state index contributed by atoms with van der Waals surface area (Å²) < 4.78 is 40.7. The first kappa shape index (κ1) is 47.9. The van der Waals surface area contributed by atoms with Crippen molar-refractivity contribution in [3.63, 3.8) is 0 Å². The molecule has 2 aromatic carbocycles. The van der Waals surface area contributed by atoms with E-state index < -0.39 is 23.0 Å². The van der Waals surface area contributed by atoms with Crippen molar-refractivity contribution in [2.45, 2.75) is 37.9 Å². The summed E-state index contributed by atoms with van der Waals surface area (Å²) in [5, 5.41) is 8.55. The Morgan fingerprint density at radius 2 is 1.02 bits per heavy atom. The SMILES string of the molecule is C#CC#CC#CC#CC#CC#CC#CC#CC#CC#CC#CC#CC#CC#CC#CC#CC#N.[C-]#[N+]c1ccc(N2C(=S)N(c3ccc(C)cc3)C3(CCC3)C2=NC)cc1C(F)(F)F. The predicted octanol–water partition coefficient (Wildman–Crippen LogP) is 6.32. The van der Waals surface area contributed by atoms with Gasteiger partial charge in [0, 0.05) is 155 Å². The van der Waals surface area contributed by atoms with Gasteiger partial charge in [0.1, 0.15) is 11.4 Å². The molecule has 0 N–H and O–H groups in total. The molecule has 1 saturated heterocycles. The Bertz CT molecular complexity index is 3280. The minimum Gasteiger partial charge on any atom is -0.305 e. The van der Waals surface area contributed by atoms with Gasteiger partial charge >= 0.3 is 6.18 Å². The highest BCUT2D eigenvalue weighted by Crippen LogP contribution is 2.49. The van der Waals surface area contributed by atoms with Crippen LogP contribution in [0.3, 0.4) is 0 Å². The summed E-state index contributed by atoms with van der Waals surface area (Å²) in [5.74, 6) is 75.9. The molecular formula is C55H20F3N5S. The molecule has 2 fully saturated rings. The molecule has 9 heteroatoms. The number of hydrogen-bond acceptors (Lipinski definition) is 3. The topological polar surface area (TPSA) is 47.0 Å². The third-order valence-electron chi connectivity index (χ3n) is 7.73. The van der Waals surface area contributed by atoms with Crippen LogP contribution in [-0.4, -0.2) is 23.5 Å². The normalized spacial score (nSPS) is 11.1. The molecule has 1 heterocycles. The Kier molecular flexibility index (Phi) is 19.8. The van der Waals surface area contributed by atoms with Crippen LogP contribution in [0, 0.1) is 215 Å². The van der Waals surface area contributed by atoms with Gasteiger partial charge < -0.3 is 4.90 Å². The maximum Gasteiger partial charge on any atom is 0.407 e. The van der Waals surface area contributed by atoms with Crippen LogP contribution in [0.5, 0.6) is 0 Å². The maximum absolute atomic E-state index is 13.6. The highest BCUT2D eigenvalue weighted by molar-refractivity contribution is 7.81. The van der Waals surface area contributed by atoms with Crippen LogP contribution >= 0.6 is 12.2 Å². The minimum atomic E-state index is -4.63. The molecule has 0 aromatic heterocycles. The smallest absolute Gasteiger partial charge is 0.305 e. The molecule has 1 aliphatic heterocycles. The van der Waals surface area contributed by atoms with E-state index in [9.17, 15) is 13.2 Å². The number of anilines is 2. The number of terminal acetylenes is 1. The Morgan fingerprint density at radius 1 is 0.641 bits per heavy atom. The number of halogens is 3. The number of hydrogen-bond donors (Lipinski definition) is 0. The third-order valence-corrected chi connectivity index (χ3v) is 8.09. The molecule has 1 aliphatic carbocycles. The molecule has 0 unspecified atom stereocenters. The third kappa shape index (κ3) is 15.0. The van der Waals surface area contributed by atoms with Crippen LogP contribution < -0.4 is 9.80 Å². The summed E-state index contributed by atoms with van der Waals surface area (Å²) >= 11 is 5.78. The van der Waals surface area contributed by atoms with Crippen LogP contribution in [0.15, 0.2) is 47.5 Å². The van der Waals surface area contributed by atoms with Gasteiger partial charge in [-0.15, -0.1) is 6.42 Å². The lowest BCUT2D eigenvalue weighted by molar-refractivity contribution is -0.136. The molecule has 4 rings (SSSR count). The van der Waals surface area contributed by atoms with Crippen molar-refractivity contribution < 1.29 is 13.2 Å². The first-order chi connectivity index (χ1) is 31.1. The van der Waals surface area contributed by atoms with E-state index in [4.69, 9.17) is 30.5 Å². The predicted molar refractivity (Wildman–Crippen MR) is 247 cm³/mol. The number of nitriles is 1. The molecule has 0 atom stereocenters. The average Bonchev–Trinajstić information content (AvgIpc) is 3.55. The quantitative estimate of drug-likeness (QED) is 0.202. The second kappa shape index (κ2) is 26.5. The van der Waals surface area contributed by atoms with Gasteiger partial charge in [0.05, 0.1) is 12.1 Å². The van der Waals surface area contributed by atoms with Gasteiger partial charge in [-0.1, -0.05) is 23.8 Å². The molecule has 0 radical (unpaired) electrons. The molecule has 5 nitrogen and oxygen atoms in total. The number of thiocarbonyl (C=S) groups is 1. The fraction of sp³-hybridized carbons (Fsp3) is 0.127. The molecule has 0 bridgehead atoms. The van der Waals surface area contributed by atoms with Crippen LogP contribution in [0.4, 0.5) is 30.2 Å². The van der Waals surface area contributed by atoms with Crippen LogP contribution in [0.25, 0.3) is 4.85 Å². The number of nitrogens with zero attached hydrogens (tertiary/aromatic N) is 5. The average molecular weight is 840 g/mol. The minimum absolute atomic E-state index is 0.265. The summed E-state index contributed by atoms with van der Waals surface area (Å²) in [5.41, 5.74) is 0.406. The number of aliphatic imine (C=N–C) groups is 1. The number of rotatable bonds is 2. The van der Waals surface area contributed by atoms with Crippen LogP contribution in [0.2, 0.25) is 0 Å². The van der Waals surface area contributed by atoms with Crippen molar-refractivity contribution >= 4 is 40.2 Å². The second-order valence-electron chi connectivity index (χ2n) is 11.5. The second-order valence-corrected chi connectivity index (χ2v) is 11.9. The van der Waals surface area contributed by atoms with Crippen molar-refractivity contribution in [3.05, 3.63) is 65.0 Å². The van der Waals surface area contributed by atoms with Crippen molar-refractivity contribution in [2.75, 3.05) is 16.8 Å². The van der Waals surface area contributed by atoms with E-state index in [0.717, 1.165) is 36.6 Å². The van der Waals surface area contributed by atoms with E-state index in [1.807, 2.05) is 36.1 Å². The van der Waals surface area contributed by atoms with Gasteiger partial charge in [-0.3, -0.25) is 9.89 Å². The van der Waals surface area contributed by atoms with Crippen molar-refractivity contribution in [1.82, 2.24) is 0 Å². The Hall–Kier alpha value is -10.5. The van der Waals surface area contributed by atoms with E-state index in [0.29, 0.717) is 10.9 Å². The Morgan fingerprint density at radius 3 is 1.33 bits per heavy atom. The van der Waals surface area contributed by atoms with E-state index >= 15 is 0 Å². The molecule has 2 aromatic rings. The van der Waals surface area contributed by atoms with Crippen LogP contribution in [0.1, 0.15) is 30.4 Å². The van der Waals surface area contributed by atoms with Gasteiger partial charge in [0.15, 0.2) is 16.9 Å². The largest absolute Gasteiger partial charge is 0.407 e. The lowest BCUT2D eigenvalue weighted by Crippen LogP contribution is -2.55. The number of benzene rings is 2. The summed E-state index contributed by atoms with van der Waals surface area (Å²) in [6.07, 6.45) is 2.91. The van der Waals surface area contributed by atoms with Crippen LogP contribution in [-0.2, 0) is 6.18 Å². The number of alkyl halides is 3. The molecule has 2 aliphatic rings. The molecule has 1 saturated carbocycles. The lowest BCUT2D eigenvalue weighted by Gasteiger charge is -2.44. The lowest BCUT2D eigenvalue weighted by atomic mass is 9.74. The molecule has 64 heavy (non-hydrogen) atoms. The molecule has 292 valence electrons. The summed E-state index contributed by atoms with van der Waals surface area (Å²) in [6.45, 7) is 9.07. The number of aryl methyl sites for hydroxylation is 1. The van der Waals surface area contributed by atoms with Crippen molar-refractivity contribution in [1.29, 1.82) is 5.26 Å². The van der Waals surface area contributed by atoms with E-state index in [-0.39, 0.29) is 5.69 Å². The van der Waals surface area contributed by atoms with Gasteiger partial charge in [0.2, 0.25) is 0 Å². The van der Waals surface area contributed by atoms with Crippen molar-refractivity contribution in [2.24, 2.45) is 4.99 Å². The standard InChI is InChI=1S/C33HN.C22H19F3N4S/c1-2-3-4-5-6-7-8-9-10-11-12-13-14-15-16-17-18-19-20-21-22-23-24-25-26-27-28-29-30-31-32-33-34;1-14-5-7-15(8-6-14)29-20(30)28(19(27-3)21(29)11-4-12-21)16-9-10-18(26-2)17(13-16)22(23,24)25/h1H;5-10,13H,4,11-12H2,1,3H3. The summed E-state index contributed by atoms with van der Waals surface area (Å²) in [7, 11) is 1.64. The summed E-state index contributed by atoms with van der Waals surface area (Å²) in [4.78, 5) is 11.1. The molecular weight excluding hydrogens is 820 g/mol. The zero-order chi connectivity index (χ0) is 46.3. The first-order valence-corrected chi connectivity index (χ1v) is 18.2. The van der Waals surface area contributed by atoms with E-state index in [1.54, 1.807) is 18.0 Å². The summed E-state index contributed by atoms with van der Waals surface area (Å²) in [6, 6.07) is 13.2. The highest BCUT2D eigenvalue weighted by Gasteiger charge is 2.57. The van der Waals surface area contributed by atoms with Crippen molar-refractivity contribution in [3.8, 4) is 196 Å². The zero-order valence-corrected chi connectivity index (χ0v) is 34.3. The fourth-order valence-corrected chi connectivity index (χ4v) is 5.63. The Balaban J connectivity index is 0.000000342. The van der Waals surface area contributed by atoms with Gasteiger partial charge in [-0.05, 0) is 110 Å². The van der Waals surface area contributed by atoms with E-state index in [2.05, 4.69) is 193 Å². The molecule has 1 spiro atoms. The fourth-order valence-electron chi connectivity index (χ4n) is 5.16. The monoisotopic (exact) mass is 839 g/mol. The van der Waals surface area contributed by atoms with Gasteiger partial charge in [-0.2, -0.15) is 18.4 Å². The molecule has 0 amide bonds. The van der Waals surface area contributed by atoms with E-state index in [1.165, 1.54) is 12.1 Å². The van der Waals surface area contributed by atoms with Gasteiger partial charge in [0.25, 0.3) is 0 Å². The zero-order valence-electron chi connectivity index (χ0n) is 33.5. The van der Waals surface area contributed by atoms with Gasteiger partial charge in [-0.25, -0.2) is 4.85 Å². The maximum atomic E-state index is 13.6. The first-order valence-electron chi connectivity index (χ1n) is 17.8.